The summed E-state index contributed by atoms with van der Waals surface area (Å²) in [6, 6.07) is 26.9. The van der Waals surface area contributed by atoms with E-state index in [0.29, 0.717) is 0 Å². The smallest absolute Gasteiger partial charge is 0.132 e. The number of thioether (sulfide) groups is 2. The second-order valence-corrected chi connectivity index (χ2v) is 11.1. The minimum atomic E-state index is 0.0656. The molecule has 0 radical (unpaired) electrons. The van der Waals surface area contributed by atoms with E-state index in [1.165, 1.54) is 17.6 Å². The molecule has 5 heteroatoms. The van der Waals surface area contributed by atoms with Gasteiger partial charge in [-0.05, 0) is 71.5 Å². The summed E-state index contributed by atoms with van der Waals surface area (Å²) in [5.41, 5.74) is 4.63. The normalized spacial score (nSPS) is 19.1. The van der Waals surface area contributed by atoms with Gasteiger partial charge in [-0.15, -0.1) is 23.5 Å². The average Bonchev–Trinajstić information content (AvgIpc) is 2.89. The van der Waals surface area contributed by atoms with Gasteiger partial charge >= 0.3 is 0 Å². The second-order valence-electron chi connectivity index (χ2n) is 7.97. The van der Waals surface area contributed by atoms with Gasteiger partial charge in [-0.1, -0.05) is 54.1 Å². The van der Waals surface area contributed by atoms with Gasteiger partial charge in [0.25, 0.3) is 0 Å². The number of benzene rings is 3. The standard InChI is InChI=1S/C28H25ClO2S2/c1-30-23-10-5-9-21(17-23)26-24(19-7-3-2-4-8-19)18-25(20-11-13-22(29)14-12-20)31-27(26)28-32-15-6-16-33-28/h2-5,7-14,17-18,24,28H,6,15-16H2,1H3. The Morgan fingerprint density at radius 3 is 2.36 bits per heavy atom. The molecular weight excluding hydrogens is 468 g/mol. The van der Waals surface area contributed by atoms with Crippen LogP contribution in [-0.2, 0) is 4.74 Å². The van der Waals surface area contributed by atoms with E-state index >= 15 is 0 Å². The van der Waals surface area contributed by atoms with Crippen LogP contribution < -0.4 is 4.74 Å². The van der Waals surface area contributed by atoms with Crippen molar-refractivity contribution in [1.82, 2.24) is 0 Å². The molecule has 1 unspecified atom stereocenters. The number of ether oxygens (including phenoxy) is 2. The van der Waals surface area contributed by atoms with E-state index in [9.17, 15) is 0 Å². The molecule has 0 N–H and O–H groups in total. The number of allylic oxidation sites excluding steroid dienone is 2. The second kappa shape index (κ2) is 10.3. The molecule has 33 heavy (non-hydrogen) atoms. The summed E-state index contributed by atoms with van der Waals surface area (Å²) in [5.74, 6) is 5.13. The summed E-state index contributed by atoms with van der Waals surface area (Å²) >= 11 is 10.1. The summed E-state index contributed by atoms with van der Waals surface area (Å²) in [6.45, 7) is 0. The topological polar surface area (TPSA) is 18.5 Å². The highest BCUT2D eigenvalue weighted by molar-refractivity contribution is 8.17. The summed E-state index contributed by atoms with van der Waals surface area (Å²) in [7, 11) is 1.71. The number of methoxy groups -OCH3 is 1. The van der Waals surface area contributed by atoms with Crippen LogP contribution in [0.4, 0.5) is 0 Å². The van der Waals surface area contributed by atoms with Crippen LogP contribution in [0, 0.1) is 0 Å². The van der Waals surface area contributed by atoms with Gasteiger partial charge in [0.2, 0.25) is 0 Å². The molecular formula is C28H25ClO2S2. The Labute approximate surface area is 209 Å². The summed E-state index contributed by atoms with van der Waals surface area (Å²) < 4.78 is 12.6. The van der Waals surface area contributed by atoms with E-state index in [2.05, 4.69) is 54.6 Å². The molecule has 1 saturated heterocycles. The van der Waals surface area contributed by atoms with Crippen molar-refractivity contribution in [2.24, 2.45) is 0 Å². The van der Waals surface area contributed by atoms with E-state index in [4.69, 9.17) is 21.1 Å². The molecule has 3 aromatic rings. The van der Waals surface area contributed by atoms with Crippen LogP contribution in [0.3, 0.4) is 0 Å². The molecule has 2 nitrogen and oxygen atoms in total. The van der Waals surface area contributed by atoms with Crippen LogP contribution in [0.2, 0.25) is 5.02 Å². The van der Waals surface area contributed by atoms with Gasteiger partial charge in [-0.3, -0.25) is 0 Å². The molecule has 0 saturated carbocycles. The van der Waals surface area contributed by atoms with Crippen LogP contribution in [-0.4, -0.2) is 23.2 Å². The first-order valence-electron chi connectivity index (χ1n) is 11.0. The summed E-state index contributed by atoms with van der Waals surface area (Å²) in [6.07, 6.45) is 3.48. The Balaban J connectivity index is 1.69. The molecule has 0 amide bonds. The van der Waals surface area contributed by atoms with Crippen molar-refractivity contribution in [2.75, 3.05) is 18.6 Å². The van der Waals surface area contributed by atoms with Gasteiger partial charge in [-0.2, -0.15) is 0 Å². The van der Waals surface area contributed by atoms with Gasteiger partial charge in [0.1, 0.15) is 21.8 Å². The monoisotopic (exact) mass is 492 g/mol. The highest BCUT2D eigenvalue weighted by atomic mass is 35.5. The predicted octanol–water partition coefficient (Wildman–Crippen LogP) is 8.11. The van der Waals surface area contributed by atoms with Crippen molar-refractivity contribution in [3.8, 4) is 5.75 Å². The van der Waals surface area contributed by atoms with E-state index in [1.54, 1.807) is 7.11 Å². The fourth-order valence-electron chi connectivity index (χ4n) is 4.21. The lowest BCUT2D eigenvalue weighted by molar-refractivity contribution is 0.375. The van der Waals surface area contributed by atoms with Gasteiger partial charge in [0.05, 0.1) is 7.11 Å². The predicted molar refractivity (Wildman–Crippen MR) is 143 cm³/mol. The number of rotatable bonds is 5. The minimum absolute atomic E-state index is 0.0656. The van der Waals surface area contributed by atoms with Crippen LogP contribution in [0.1, 0.15) is 29.0 Å². The van der Waals surface area contributed by atoms with Gasteiger partial charge < -0.3 is 9.47 Å². The van der Waals surface area contributed by atoms with Crippen molar-refractivity contribution in [3.63, 3.8) is 0 Å². The first kappa shape index (κ1) is 22.5. The highest BCUT2D eigenvalue weighted by Gasteiger charge is 2.33. The average molecular weight is 493 g/mol. The van der Waals surface area contributed by atoms with Crippen LogP contribution >= 0.6 is 35.1 Å². The summed E-state index contributed by atoms with van der Waals surface area (Å²) in [5, 5.41) is 0.723. The minimum Gasteiger partial charge on any atom is -0.497 e. The maximum absolute atomic E-state index is 6.76. The zero-order valence-electron chi connectivity index (χ0n) is 18.4. The maximum Gasteiger partial charge on any atom is 0.132 e. The first-order valence-corrected chi connectivity index (χ1v) is 13.5. The fourth-order valence-corrected chi connectivity index (χ4v) is 7.19. The Morgan fingerprint density at radius 1 is 0.879 bits per heavy atom. The molecule has 0 aromatic heterocycles. The van der Waals surface area contributed by atoms with E-state index in [0.717, 1.165) is 44.9 Å². The Hall–Kier alpha value is -2.27. The summed E-state index contributed by atoms with van der Waals surface area (Å²) in [4.78, 5) is 0. The SMILES string of the molecule is COc1cccc(C2=C(C3SCCCS3)OC(c3ccc(Cl)cc3)=CC2c2ccccc2)c1. The third-order valence-electron chi connectivity index (χ3n) is 5.82. The molecule has 0 aliphatic carbocycles. The first-order chi connectivity index (χ1) is 16.2. The van der Waals surface area contributed by atoms with Crippen molar-refractivity contribution in [1.29, 1.82) is 0 Å². The Bertz CT molecular complexity index is 1170. The molecule has 0 bridgehead atoms. The molecule has 1 fully saturated rings. The largest absolute Gasteiger partial charge is 0.497 e. The molecule has 2 heterocycles. The van der Waals surface area contributed by atoms with Crippen molar-refractivity contribution in [3.05, 3.63) is 112 Å². The third-order valence-corrected chi connectivity index (χ3v) is 8.97. The lowest BCUT2D eigenvalue weighted by atomic mass is 9.83. The van der Waals surface area contributed by atoms with Crippen LogP contribution in [0.25, 0.3) is 11.3 Å². The number of halogens is 1. The van der Waals surface area contributed by atoms with Crippen LogP contribution in [0.15, 0.2) is 90.7 Å². The van der Waals surface area contributed by atoms with Crippen molar-refractivity contribution >= 4 is 46.5 Å². The fraction of sp³-hybridized carbons (Fsp3) is 0.214. The molecule has 3 aromatic carbocycles. The molecule has 1 atom stereocenters. The van der Waals surface area contributed by atoms with E-state index in [1.807, 2.05) is 53.9 Å². The third kappa shape index (κ3) is 4.98. The molecule has 168 valence electrons. The Morgan fingerprint density at radius 2 is 1.64 bits per heavy atom. The molecule has 2 aliphatic rings. The zero-order chi connectivity index (χ0) is 22.6. The molecule has 2 aliphatic heterocycles. The molecule has 5 rings (SSSR count). The lowest BCUT2D eigenvalue weighted by Crippen LogP contribution is -2.19. The van der Waals surface area contributed by atoms with Gasteiger partial charge in [-0.25, -0.2) is 0 Å². The van der Waals surface area contributed by atoms with Gasteiger partial charge in [0, 0.05) is 22.1 Å². The van der Waals surface area contributed by atoms with Crippen LogP contribution in [0.5, 0.6) is 5.75 Å². The molecule has 0 spiro atoms. The maximum atomic E-state index is 6.76. The van der Waals surface area contributed by atoms with E-state index < -0.39 is 0 Å². The number of hydrogen-bond acceptors (Lipinski definition) is 4. The zero-order valence-corrected chi connectivity index (χ0v) is 20.8. The lowest BCUT2D eigenvalue weighted by Gasteiger charge is -2.33. The quantitative estimate of drug-likeness (QED) is 0.358. The van der Waals surface area contributed by atoms with E-state index in [-0.39, 0.29) is 10.5 Å². The Kier molecular flexibility index (Phi) is 7.05. The number of hydrogen-bond donors (Lipinski definition) is 0. The highest BCUT2D eigenvalue weighted by Crippen LogP contribution is 2.49. The van der Waals surface area contributed by atoms with Crippen molar-refractivity contribution in [2.45, 2.75) is 16.9 Å². The van der Waals surface area contributed by atoms with Crippen molar-refractivity contribution < 1.29 is 9.47 Å². The van der Waals surface area contributed by atoms with Gasteiger partial charge in [0.15, 0.2) is 0 Å².